The van der Waals surface area contributed by atoms with Gasteiger partial charge in [-0.2, -0.15) is 0 Å². The second-order valence-corrected chi connectivity index (χ2v) is 3.54. The van der Waals surface area contributed by atoms with Gasteiger partial charge in [-0.25, -0.2) is 0 Å². The van der Waals surface area contributed by atoms with Crippen molar-refractivity contribution in [2.45, 2.75) is 18.5 Å². The zero-order chi connectivity index (χ0) is 5.33. The zero-order valence-electron chi connectivity index (χ0n) is 4.70. The number of hydrogen-bond donors (Lipinski definition) is 1. The van der Waals surface area contributed by atoms with Gasteiger partial charge in [0.1, 0.15) is 0 Å². The van der Waals surface area contributed by atoms with E-state index in [0.717, 1.165) is 0 Å². The Kier molecular flexibility index (Phi) is 1.36. The summed E-state index contributed by atoms with van der Waals surface area (Å²) in [7, 11) is 2.89. The van der Waals surface area contributed by atoms with Crippen molar-refractivity contribution in [1.29, 1.82) is 0 Å². The van der Waals surface area contributed by atoms with Crippen LogP contribution in [0.5, 0.6) is 0 Å². The predicted octanol–water partition coefficient (Wildman–Crippen LogP) is 0.613. The molecule has 1 unspecified atom stereocenters. The van der Waals surface area contributed by atoms with Crippen LogP contribution in [0.15, 0.2) is 0 Å². The largest absolute Gasteiger partial charge is 0.315 e. The monoisotopic (exact) mass is 117 g/mol. The van der Waals surface area contributed by atoms with Crippen molar-refractivity contribution in [1.82, 2.24) is 5.32 Å². The molecule has 1 heterocycles. The standard InChI is InChI=1S/C5H12NP/c1-2-5(7)3-6-4-5/h6H,2-4,7H2,1H3. The van der Waals surface area contributed by atoms with Crippen molar-refractivity contribution in [3.8, 4) is 0 Å². The van der Waals surface area contributed by atoms with Crippen LogP contribution in [0.1, 0.15) is 13.3 Å². The van der Waals surface area contributed by atoms with Crippen molar-refractivity contribution >= 4 is 9.24 Å². The average Bonchev–Trinajstić information content (AvgIpc) is 1.61. The summed E-state index contributed by atoms with van der Waals surface area (Å²) in [5.74, 6) is 0. The highest BCUT2D eigenvalue weighted by Crippen LogP contribution is 2.25. The fourth-order valence-corrected chi connectivity index (χ4v) is 0.985. The van der Waals surface area contributed by atoms with Crippen molar-refractivity contribution in [2.75, 3.05) is 13.1 Å². The highest BCUT2D eigenvalue weighted by atomic mass is 31.0. The van der Waals surface area contributed by atoms with Gasteiger partial charge in [0.2, 0.25) is 0 Å². The van der Waals surface area contributed by atoms with Gasteiger partial charge in [0, 0.05) is 18.2 Å². The molecule has 0 saturated carbocycles. The summed E-state index contributed by atoms with van der Waals surface area (Å²) in [5.41, 5.74) is 0. The third kappa shape index (κ3) is 0.949. The van der Waals surface area contributed by atoms with Crippen molar-refractivity contribution in [2.24, 2.45) is 0 Å². The molecule has 42 valence electrons. The molecule has 1 N–H and O–H groups in total. The summed E-state index contributed by atoms with van der Waals surface area (Å²) in [6.07, 6.45) is 1.28. The molecular weight excluding hydrogens is 105 g/mol. The lowest BCUT2D eigenvalue weighted by Gasteiger charge is -2.38. The molecular formula is C5H12NP. The van der Waals surface area contributed by atoms with Gasteiger partial charge >= 0.3 is 0 Å². The summed E-state index contributed by atoms with van der Waals surface area (Å²) < 4.78 is 0. The lowest BCUT2D eigenvalue weighted by molar-refractivity contribution is 0.382. The first kappa shape index (κ1) is 5.53. The van der Waals surface area contributed by atoms with Gasteiger partial charge in [0.05, 0.1) is 0 Å². The minimum absolute atomic E-state index is 0.569. The van der Waals surface area contributed by atoms with Gasteiger partial charge < -0.3 is 5.32 Å². The Balaban J connectivity index is 2.29. The van der Waals surface area contributed by atoms with Crippen LogP contribution in [-0.2, 0) is 0 Å². The normalized spacial score (nSPS) is 26.6. The first-order valence-corrected chi connectivity index (χ1v) is 3.34. The molecule has 0 radical (unpaired) electrons. The van der Waals surface area contributed by atoms with E-state index in [-0.39, 0.29) is 0 Å². The molecule has 1 atom stereocenters. The topological polar surface area (TPSA) is 12.0 Å². The molecule has 1 fully saturated rings. The van der Waals surface area contributed by atoms with Crippen LogP contribution in [-0.4, -0.2) is 18.2 Å². The third-order valence-corrected chi connectivity index (χ3v) is 2.47. The average molecular weight is 117 g/mol. The van der Waals surface area contributed by atoms with Crippen LogP contribution < -0.4 is 5.32 Å². The predicted molar refractivity (Wildman–Crippen MR) is 35.6 cm³/mol. The molecule has 1 rings (SSSR count). The molecule has 0 bridgehead atoms. The van der Waals surface area contributed by atoms with Crippen LogP contribution in [0.2, 0.25) is 0 Å². The Bertz CT molecular complexity index is 63.0. The van der Waals surface area contributed by atoms with Crippen LogP contribution in [0.4, 0.5) is 0 Å². The molecule has 0 aromatic carbocycles. The van der Waals surface area contributed by atoms with Gasteiger partial charge in [-0.05, 0) is 6.42 Å². The Morgan fingerprint density at radius 2 is 2.29 bits per heavy atom. The van der Waals surface area contributed by atoms with Crippen LogP contribution in [0.25, 0.3) is 0 Å². The minimum Gasteiger partial charge on any atom is -0.315 e. The Labute approximate surface area is 47.1 Å². The Hall–Kier alpha value is 0.390. The second kappa shape index (κ2) is 1.72. The van der Waals surface area contributed by atoms with Crippen molar-refractivity contribution < 1.29 is 0 Å². The second-order valence-electron chi connectivity index (χ2n) is 2.32. The van der Waals surface area contributed by atoms with E-state index in [4.69, 9.17) is 0 Å². The van der Waals surface area contributed by atoms with Gasteiger partial charge in [0.15, 0.2) is 0 Å². The van der Waals surface area contributed by atoms with Gasteiger partial charge in [-0.15, -0.1) is 9.24 Å². The fraction of sp³-hybridized carbons (Fsp3) is 1.00. The van der Waals surface area contributed by atoms with E-state index in [1.807, 2.05) is 0 Å². The first-order valence-electron chi connectivity index (χ1n) is 2.76. The maximum absolute atomic E-state index is 3.23. The number of rotatable bonds is 1. The van der Waals surface area contributed by atoms with Crippen LogP contribution in [0.3, 0.4) is 0 Å². The zero-order valence-corrected chi connectivity index (χ0v) is 5.85. The van der Waals surface area contributed by atoms with Gasteiger partial charge in [-0.3, -0.25) is 0 Å². The van der Waals surface area contributed by atoms with E-state index in [0.29, 0.717) is 5.16 Å². The summed E-state index contributed by atoms with van der Waals surface area (Å²) in [4.78, 5) is 0. The minimum atomic E-state index is 0.569. The number of nitrogens with one attached hydrogen (secondary N) is 1. The van der Waals surface area contributed by atoms with E-state index in [9.17, 15) is 0 Å². The maximum atomic E-state index is 3.23. The van der Waals surface area contributed by atoms with Crippen LogP contribution in [0, 0.1) is 0 Å². The highest BCUT2D eigenvalue weighted by Gasteiger charge is 2.28. The molecule has 2 heteroatoms. The molecule has 0 amide bonds. The summed E-state index contributed by atoms with van der Waals surface area (Å²) in [6.45, 7) is 4.61. The van der Waals surface area contributed by atoms with Crippen molar-refractivity contribution in [3.05, 3.63) is 0 Å². The number of hydrogen-bond acceptors (Lipinski definition) is 1. The molecule has 0 spiro atoms. The molecule has 1 nitrogen and oxygen atoms in total. The molecule has 7 heavy (non-hydrogen) atoms. The van der Waals surface area contributed by atoms with E-state index >= 15 is 0 Å². The van der Waals surface area contributed by atoms with E-state index in [1.54, 1.807) is 0 Å². The van der Waals surface area contributed by atoms with Gasteiger partial charge in [0.25, 0.3) is 0 Å². The molecule has 0 aromatic heterocycles. The Morgan fingerprint density at radius 3 is 2.29 bits per heavy atom. The van der Waals surface area contributed by atoms with E-state index < -0.39 is 0 Å². The molecule has 1 aliphatic rings. The van der Waals surface area contributed by atoms with E-state index in [1.165, 1.54) is 19.5 Å². The smallest absolute Gasteiger partial charge is 0.00956 e. The third-order valence-electron chi connectivity index (χ3n) is 1.66. The summed E-state index contributed by atoms with van der Waals surface area (Å²) in [5, 5.41) is 3.80. The SMILES string of the molecule is CCC1(P)CNC1. The van der Waals surface area contributed by atoms with Gasteiger partial charge in [-0.1, -0.05) is 6.92 Å². The quantitative estimate of drug-likeness (QED) is 0.496. The van der Waals surface area contributed by atoms with Crippen molar-refractivity contribution in [3.63, 3.8) is 0 Å². The molecule has 0 aliphatic carbocycles. The van der Waals surface area contributed by atoms with Crippen LogP contribution >= 0.6 is 9.24 Å². The lowest BCUT2D eigenvalue weighted by Crippen LogP contribution is -2.54. The summed E-state index contributed by atoms with van der Waals surface area (Å²) in [6, 6.07) is 0. The molecule has 0 aromatic rings. The highest BCUT2D eigenvalue weighted by molar-refractivity contribution is 7.19. The summed E-state index contributed by atoms with van der Waals surface area (Å²) >= 11 is 0. The Morgan fingerprint density at radius 1 is 1.71 bits per heavy atom. The maximum Gasteiger partial charge on any atom is 0.00956 e. The lowest BCUT2D eigenvalue weighted by atomic mass is 9.99. The fourth-order valence-electron chi connectivity index (χ4n) is 0.696. The van der Waals surface area contributed by atoms with E-state index in [2.05, 4.69) is 21.5 Å². The molecule has 1 saturated heterocycles. The first-order chi connectivity index (χ1) is 3.27. The molecule has 1 aliphatic heterocycles.